The maximum absolute atomic E-state index is 12.6. The third kappa shape index (κ3) is 5.03. The molecule has 1 aromatic heterocycles. The molecule has 1 atom stereocenters. The summed E-state index contributed by atoms with van der Waals surface area (Å²) >= 11 is 1.68. The molecule has 3 aromatic rings. The number of thiophene rings is 1. The van der Waals surface area contributed by atoms with Gasteiger partial charge in [-0.3, -0.25) is 14.5 Å². The zero-order valence-corrected chi connectivity index (χ0v) is 18.7. The second-order valence-electron chi connectivity index (χ2n) is 8.00. The maximum Gasteiger partial charge on any atom is 0.313 e. The van der Waals surface area contributed by atoms with Crippen LogP contribution in [-0.2, 0) is 22.6 Å². The minimum Gasteiger partial charge on any atom is -0.346 e. The molecule has 2 heterocycles. The number of hydrogen-bond donors (Lipinski definition) is 2. The molecule has 2 aromatic carbocycles. The minimum absolute atomic E-state index is 0.0332. The van der Waals surface area contributed by atoms with E-state index >= 15 is 0 Å². The van der Waals surface area contributed by atoms with Crippen LogP contribution in [0, 0.1) is 13.8 Å². The van der Waals surface area contributed by atoms with Crippen LogP contribution in [0.15, 0.2) is 60.0 Å². The molecule has 6 heteroatoms. The lowest BCUT2D eigenvalue weighted by Crippen LogP contribution is -2.43. The van der Waals surface area contributed by atoms with Crippen molar-refractivity contribution in [1.29, 1.82) is 0 Å². The number of carbonyl (C=O) groups is 2. The average Bonchev–Trinajstić information content (AvgIpc) is 3.30. The number of benzene rings is 2. The van der Waals surface area contributed by atoms with E-state index in [1.54, 1.807) is 11.3 Å². The van der Waals surface area contributed by atoms with Crippen molar-refractivity contribution in [3.05, 3.63) is 87.1 Å². The number of anilines is 1. The van der Waals surface area contributed by atoms with Gasteiger partial charge in [-0.1, -0.05) is 42.5 Å². The summed E-state index contributed by atoms with van der Waals surface area (Å²) in [7, 11) is 0. The summed E-state index contributed by atoms with van der Waals surface area (Å²) in [5, 5.41) is 7.65. The van der Waals surface area contributed by atoms with Crippen LogP contribution >= 0.6 is 11.3 Å². The molecule has 31 heavy (non-hydrogen) atoms. The first-order valence-electron chi connectivity index (χ1n) is 10.5. The highest BCUT2D eigenvalue weighted by molar-refractivity contribution is 7.10. The van der Waals surface area contributed by atoms with Crippen LogP contribution in [0.25, 0.3) is 0 Å². The van der Waals surface area contributed by atoms with E-state index in [0.29, 0.717) is 12.2 Å². The third-order valence-corrected chi connectivity index (χ3v) is 6.75. The van der Waals surface area contributed by atoms with Crippen molar-refractivity contribution < 1.29 is 9.59 Å². The highest BCUT2D eigenvalue weighted by atomic mass is 32.1. The Morgan fingerprint density at radius 3 is 2.61 bits per heavy atom. The molecule has 0 bridgehead atoms. The van der Waals surface area contributed by atoms with Crippen molar-refractivity contribution in [3.8, 4) is 0 Å². The number of aryl methyl sites for hydroxylation is 2. The summed E-state index contributed by atoms with van der Waals surface area (Å²) < 4.78 is 0. The van der Waals surface area contributed by atoms with Crippen molar-refractivity contribution in [3.63, 3.8) is 0 Å². The van der Waals surface area contributed by atoms with E-state index in [4.69, 9.17) is 0 Å². The smallest absolute Gasteiger partial charge is 0.313 e. The van der Waals surface area contributed by atoms with E-state index in [1.807, 2.05) is 38.1 Å². The van der Waals surface area contributed by atoms with Gasteiger partial charge in [0, 0.05) is 30.2 Å². The molecule has 5 nitrogen and oxygen atoms in total. The number of nitrogens with one attached hydrogen (secondary N) is 2. The van der Waals surface area contributed by atoms with Crippen LogP contribution < -0.4 is 10.6 Å². The monoisotopic (exact) mass is 433 g/mol. The predicted octanol–water partition coefficient (Wildman–Crippen LogP) is 4.22. The molecule has 2 amide bonds. The number of amides is 2. The minimum atomic E-state index is -0.636. The Morgan fingerprint density at radius 1 is 1.03 bits per heavy atom. The zero-order chi connectivity index (χ0) is 21.8. The number of carbonyl (C=O) groups excluding carboxylic acids is 2. The van der Waals surface area contributed by atoms with Crippen LogP contribution in [0.5, 0.6) is 0 Å². The van der Waals surface area contributed by atoms with Crippen molar-refractivity contribution in [1.82, 2.24) is 10.2 Å². The summed E-state index contributed by atoms with van der Waals surface area (Å²) in [5.41, 5.74) is 5.34. The van der Waals surface area contributed by atoms with Crippen LogP contribution in [0.4, 0.5) is 5.69 Å². The molecule has 0 aliphatic carbocycles. The molecule has 1 aliphatic rings. The van der Waals surface area contributed by atoms with Gasteiger partial charge in [0.25, 0.3) is 0 Å². The van der Waals surface area contributed by atoms with E-state index in [2.05, 4.69) is 51.2 Å². The lowest BCUT2D eigenvalue weighted by molar-refractivity contribution is -0.136. The van der Waals surface area contributed by atoms with Crippen molar-refractivity contribution in [2.45, 2.75) is 32.9 Å². The number of fused-ring (bicyclic) bond motifs is 1. The molecule has 0 fully saturated rings. The Hall–Kier alpha value is -2.96. The first-order chi connectivity index (χ1) is 15.0. The highest BCUT2D eigenvalue weighted by Crippen LogP contribution is 2.30. The molecule has 0 saturated carbocycles. The quantitative estimate of drug-likeness (QED) is 0.593. The van der Waals surface area contributed by atoms with Crippen molar-refractivity contribution >= 4 is 28.8 Å². The van der Waals surface area contributed by atoms with Gasteiger partial charge >= 0.3 is 11.8 Å². The molecule has 0 radical (unpaired) electrons. The topological polar surface area (TPSA) is 61.4 Å². The van der Waals surface area contributed by atoms with E-state index < -0.39 is 11.8 Å². The van der Waals surface area contributed by atoms with Crippen LogP contribution in [0.1, 0.15) is 33.2 Å². The standard InChI is InChI=1S/C25H27N3O2S/c1-17-9-10-18(2)21(14-17)27-25(30)24(29)26-15-22(23-8-5-13-31-23)28-12-11-19-6-3-4-7-20(19)16-28/h3-10,13-14,22H,11-12,15-16H2,1-2H3,(H,26,29)(H,27,30). The van der Waals surface area contributed by atoms with Gasteiger partial charge in [0.05, 0.1) is 6.04 Å². The highest BCUT2D eigenvalue weighted by Gasteiger charge is 2.27. The lowest BCUT2D eigenvalue weighted by Gasteiger charge is -2.35. The van der Waals surface area contributed by atoms with Gasteiger partial charge in [-0.05, 0) is 60.0 Å². The van der Waals surface area contributed by atoms with Crippen LogP contribution in [-0.4, -0.2) is 29.8 Å². The second kappa shape index (κ2) is 9.45. The fourth-order valence-corrected chi connectivity index (χ4v) is 4.85. The molecule has 2 N–H and O–H groups in total. The summed E-state index contributed by atoms with van der Waals surface area (Å²) in [6, 6.07) is 18.5. The van der Waals surface area contributed by atoms with Gasteiger partial charge in [-0.2, -0.15) is 0 Å². The Bertz CT molecular complexity index is 1080. The normalized spacial score (nSPS) is 14.5. The number of rotatable bonds is 5. The number of nitrogens with zero attached hydrogens (tertiary/aromatic N) is 1. The van der Waals surface area contributed by atoms with Gasteiger partial charge in [0.1, 0.15) is 0 Å². The molecule has 1 unspecified atom stereocenters. The fraction of sp³-hybridized carbons (Fsp3) is 0.280. The molecular formula is C25H27N3O2S. The Kier molecular flexibility index (Phi) is 6.49. The predicted molar refractivity (Wildman–Crippen MR) is 125 cm³/mol. The summed E-state index contributed by atoms with van der Waals surface area (Å²) in [6.07, 6.45) is 0.985. The van der Waals surface area contributed by atoms with Crippen LogP contribution in [0.2, 0.25) is 0 Å². The molecule has 0 saturated heterocycles. The molecule has 1 aliphatic heterocycles. The molecular weight excluding hydrogens is 406 g/mol. The summed E-state index contributed by atoms with van der Waals surface area (Å²) in [6.45, 7) is 6.01. The van der Waals surface area contributed by atoms with Crippen molar-refractivity contribution in [2.75, 3.05) is 18.4 Å². The lowest BCUT2D eigenvalue weighted by atomic mass is 9.98. The Balaban J connectivity index is 1.43. The summed E-state index contributed by atoms with van der Waals surface area (Å²) in [4.78, 5) is 28.6. The second-order valence-corrected chi connectivity index (χ2v) is 8.98. The first kappa shape index (κ1) is 21.3. The number of hydrogen-bond acceptors (Lipinski definition) is 4. The zero-order valence-electron chi connectivity index (χ0n) is 17.9. The fourth-order valence-electron chi connectivity index (χ4n) is 3.99. The Labute approximate surface area is 187 Å². The van der Waals surface area contributed by atoms with Crippen molar-refractivity contribution in [2.24, 2.45) is 0 Å². The molecule has 0 spiro atoms. The molecule has 4 rings (SSSR count). The van der Waals surface area contributed by atoms with E-state index in [0.717, 1.165) is 30.6 Å². The first-order valence-corrected chi connectivity index (χ1v) is 11.4. The van der Waals surface area contributed by atoms with Crippen LogP contribution in [0.3, 0.4) is 0 Å². The van der Waals surface area contributed by atoms with Gasteiger partial charge in [0.15, 0.2) is 0 Å². The Morgan fingerprint density at radius 2 is 1.84 bits per heavy atom. The van der Waals surface area contributed by atoms with E-state index in [-0.39, 0.29) is 6.04 Å². The summed E-state index contributed by atoms with van der Waals surface area (Å²) in [5.74, 6) is -1.25. The van der Waals surface area contributed by atoms with Gasteiger partial charge < -0.3 is 10.6 Å². The SMILES string of the molecule is Cc1ccc(C)c(NC(=O)C(=O)NCC(c2cccs2)N2CCc3ccccc3C2)c1. The van der Waals surface area contributed by atoms with Gasteiger partial charge in [-0.25, -0.2) is 0 Å². The van der Waals surface area contributed by atoms with Gasteiger partial charge in [-0.15, -0.1) is 11.3 Å². The largest absolute Gasteiger partial charge is 0.346 e. The third-order valence-electron chi connectivity index (χ3n) is 5.78. The van der Waals surface area contributed by atoms with E-state index in [9.17, 15) is 9.59 Å². The average molecular weight is 434 g/mol. The molecule has 160 valence electrons. The van der Waals surface area contributed by atoms with E-state index in [1.165, 1.54) is 16.0 Å². The van der Waals surface area contributed by atoms with Gasteiger partial charge in [0.2, 0.25) is 0 Å². The maximum atomic E-state index is 12.6.